The number of fused-ring (bicyclic) bond motifs is 1. The van der Waals surface area contributed by atoms with Crippen LogP contribution >= 0.6 is 0 Å². The molecule has 190 valence electrons. The highest BCUT2D eigenvalue weighted by molar-refractivity contribution is 5.98. The third-order valence-corrected chi connectivity index (χ3v) is 6.36. The molecular weight excluding hydrogens is 480 g/mol. The second kappa shape index (κ2) is 8.58. The quantitative estimate of drug-likeness (QED) is 0.361. The van der Waals surface area contributed by atoms with Gasteiger partial charge in [-0.3, -0.25) is 9.59 Å². The molecule has 0 aliphatic heterocycles. The van der Waals surface area contributed by atoms with Crippen molar-refractivity contribution in [1.29, 1.82) is 0 Å². The fourth-order valence-electron chi connectivity index (χ4n) is 4.35. The summed E-state index contributed by atoms with van der Waals surface area (Å²) in [6.07, 6.45) is 5.77. The number of alkyl halides is 2. The summed E-state index contributed by atoms with van der Waals surface area (Å²) in [7, 11) is 3.24. The maximum absolute atomic E-state index is 13.7. The number of nitrogens with zero attached hydrogens (tertiary/aromatic N) is 4. The second-order valence-corrected chi connectivity index (χ2v) is 9.27. The highest BCUT2D eigenvalue weighted by Crippen LogP contribution is 2.38. The number of aromatic amines is 1. The highest BCUT2D eigenvalue weighted by atomic mass is 19.3. The van der Waals surface area contributed by atoms with Crippen molar-refractivity contribution in [2.24, 2.45) is 14.1 Å². The largest absolute Gasteiger partial charge is 0.455 e. The minimum Gasteiger partial charge on any atom is -0.455 e. The van der Waals surface area contributed by atoms with E-state index in [-0.39, 0.29) is 16.6 Å². The van der Waals surface area contributed by atoms with E-state index in [9.17, 15) is 18.4 Å². The molecule has 1 aromatic carbocycles. The van der Waals surface area contributed by atoms with Crippen molar-refractivity contribution < 1.29 is 13.5 Å². The van der Waals surface area contributed by atoms with Crippen molar-refractivity contribution in [3.8, 4) is 33.9 Å². The molecule has 0 bridgehead atoms. The molecule has 8 nitrogen and oxygen atoms in total. The molecule has 0 spiro atoms. The number of H-pyrrole nitrogens is 1. The Morgan fingerprint density at radius 2 is 1.68 bits per heavy atom. The van der Waals surface area contributed by atoms with Crippen molar-refractivity contribution in [2.45, 2.75) is 26.8 Å². The zero-order valence-corrected chi connectivity index (χ0v) is 21.0. The van der Waals surface area contributed by atoms with Crippen molar-refractivity contribution in [1.82, 2.24) is 23.9 Å². The van der Waals surface area contributed by atoms with Crippen LogP contribution in [0.3, 0.4) is 0 Å². The zero-order chi connectivity index (χ0) is 26.6. The number of halogens is 2. The van der Waals surface area contributed by atoms with Crippen LogP contribution in [0.2, 0.25) is 0 Å². The summed E-state index contributed by atoms with van der Waals surface area (Å²) < 4.78 is 37.2. The van der Waals surface area contributed by atoms with Gasteiger partial charge in [-0.15, -0.1) is 0 Å². The predicted molar refractivity (Wildman–Crippen MR) is 137 cm³/mol. The Hall–Kier alpha value is -4.47. The molecule has 0 unspecified atom stereocenters. The fourth-order valence-corrected chi connectivity index (χ4v) is 4.35. The summed E-state index contributed by atoms with van der Waals surface area (Å²) in [6.45, 7) is 4.62. The Morgan fingerprint density at radius 3 is 2.32 bits per heavy atom. The minimum absolute atomic E-state index is 0.256. The lowest BCUT2D eigenvalue weighted by atomic mass is 10.0. The van der Waals surface area contributed by atoms with Crippen LogP contribution in [0.15, 0.2) is 64.7 Å². The van der Waals surface area contributed by atoms with Crippen LogP contribution in [0.1, 0.15) is 18.1 Å². The molecule has 0 atom stereocenters. The Balaban J connectivity index is 1.74. The molecular formula is C27H25F2N5O3. The number of hydrogen-bond donors (Lipinski definition) is 1. The summed E-state index contributed by atoms with van der Waals surface area (Å²) >= 11 is 0. The van der Waals surface area contributed by atoms with Gasteiger partial charge < -0.3 is 18.9 Å². The van der Waals surface area contributed by atoms with Gasteiger partial charge in [0.15, 0.2) is 5.75 Å². The Bertz CT molecular complexity index is 1770. The first-order valence-corrected chi connectivity index (χ1v) is 11.5. The highest BCUT2D eigenvalue weighted by Gasteiger charge is 2.25. The third-order valence-electron chi connectivity index (χ3n) is 6.36. The van der Waals surface area contributed by atoms with E-state index >= 15 is 0 Å². The lowest BCUT2D eigenvalue weighted by Gasteiger charge is -2.17. The Labute approximate surface area is 210 Å². The molecule has 0 saturated carbocycles. The van der Waals surface area contributed by atoms with Gasteiger partial charge in [0, 0.05) is 67.2 Å². The van der Waals surface area contributed by atoms with Crippen LogP contribution in [-0.2, 0) is 20.1 Å². The van der Waals surface area contributed by atoms with Gasteiger partial charge in [-0.25, -0.2) is 4.68 Å². The standard InChI is InChI=1S/C27H25F2N5O3/c1-15-7-6-8-16(2)25(15)37-22-14-32(4)23(35)10-18(22)20-13-33(5)26(36)24-19(20)9-21(31-24)17-11-30-34(12-17)27(3,28)29/h6-14,31H,1-5H3. The molecule has 0 saturated heterocycles. The Morgan fingerprint density at radius 1 is 0.973 bits per heavy atom. The number of aromatic nitrogens is 5. The van der Waals surface area contributed by atoms with E-state index in [0.717, 1.165) is 18.1 Å². The lowest BCUT2D eigenvalue weighted by Crippen LogP contribution is -2.18. The van der Waals surface area contributed by atoms with Crippen LogP contribution in [0.4, 0.5) is 8.78 Å². The molecule has 4 heterocycles. The first-order valence-electron chi connectivity index (χ1n) is 11.5. The topological polar surface area (TPSA) is 86.8 Å². The van der Waals surface area contributed by atoms with Gasteiger partial charge in [0.05, 0.1) is 12.4 Å². The smallest absolute Gasteiger partial charge is 0.340 e. The number of para-hydroxylation sites is 1. The maximum atomic E-state index is 13.7. The number of aryl methyl sites for hydroxylation is 4. The van der Waals surface area contributed by atoms with Crippen LogP contribution in [0, 0.1) is 13.8 Å². The molecule has 37 heavy (non-hydrogen) atoms. The van der Waals surface area contributed by atoms with Crippen molar-refractivity contribution in [2.75, 3.05) is 0 Å². The third kappa shape index (κ3) is 4.24. The molecule has 5 rings (SSSR count). The van der Waals surface area contributed by atoms with Crippen LogP contribution < -0.4 is 15.9 Å². The number of ether oxygens (including phenoxy) is 1. The van der Waals surface area contributed by atoms with Crippen molar-refractivity contribution in [3.05, 3.63) is 87.0 Å². The van der Waals surface area contributed by atoms with Crippen molar-refractivity contribution >= 4 is 10.9 Å². The van der Waals surface area contributed by atoms with Crippen LogP contribution in [-0.4, -0.2) is 23.9 Å². The average Bonchev–Trinajstić information content (AvgIpc) is 3.49. The first-order chi connectivity index (χ1) is 17.4. The normalized spacial score (nSPS) is 11.9. The van der Waals surface area contributed by atoms with Gasteiger partial charge in [0.1, 0.15) is 11.3 Å². The van der Waals surface area contributed by atoms with E-state index in [1.807, 2.05) is 32.0 Å². The lowest BCUT2D eigenvalue weighted by molar-refractivity contribution is -0.0722. The molecule has 4 aromatic heterocycles. The summed E-state index contributed by atoms with van der Waals surface area (Å²) in [6, 6.07) is 5.80. The summed E-state index contributed by atoms with van der Waals surface area (Å²) in [4.78, 5) is 28.8. The summed E-state index contributed by atoms with van der Waals surface area (Å²) in [5.74, 6) is 1.10. The average molecular weight is 506 g/mol. The van der Waals surface area contributed by atoms with Crippen LogP contribution in [0.25, 0.3) is 33.3 Å². The first kappa shape index (κ1) is 24.2. The van der Waals surface area contributed by atoms with Gasteiger partial charge in [-0.1, -0.05) is 18.2 Å². The van der Waals surface area contributed by atoms with E-state index < -0.39 is 6.05 Å². The maximum Gasteiger partial charge on any atom is 0.340 e. The molecule has 0 amide bonds. The van der Waals surface area contributed by atoms with Gasteiger partial charge in [0.2, 0.25) is 0 Å². The summed E-state index contributed by atoms with van der Waals surface area (Å²) in [5.41, 5.74) is 3.47. The van der Waals surface area contributed by atoms with E-state index in [1.165, 1.54) is 27.6 Å². The zero-order valence-electron chi connectivity index (χ0n) is 21.0. The number of nitrogens with one attached hydrogen (secondary N) is 1. The fraction of sp³-hybridized carbons (Fsp3) is 0.222. The molecule has 0 aliphatic carbocycles. The SMILES string of the molecule is Cc1cccc(C)c1Oc1cn(C)c(=O)cc1-c1cn(C)c(=O)c2[nH]c(-c3cnn(C(C)(F)F)c3)cc12. The molecule has 0 aliphatic rings. The molecule has 0 radical (unpaired) electrons. The van der Waals surface area contributed by atoms with Gasteiger partial charge in [0.25, 0.3) is 11.1 Å². The number of benzene rings is 1. The minimum atomic E-state index is -3.17. The number of rotatable bonds is 5. The second-order valence-electron chi connectivity index (χ2n) is 9.27. The number of hydrogen-bond acceptors (Lipinski definition) is 4. The molecule has 0 fully saturated rings. The molecule has 1 N–H and O–H groups in total. The monoisotopic (exact) mass is 505 g/mol. The predicted octanol–water partition coefficient (Wildman–Crippen LogP) is 5.07. The number of pyridine rings is 2. The van der Waals surface area contributed by atoms with E-state index in [2.05, 4.69) is 10.1 Å². The molecule has 5 aromatic rings. The summed E-state index contributed by atoms with van der Waals surface area (Å²) in [5, 5.41) is 4.27. The molecule has 10 heteroatoms. The van der Waals surface area contributed by atoms with Gasteiger partial charge in [-0.2, -0.15) is 13.9 Å². The van der Waals surface area contributed by atoms with E-state index in [1.54, 1.807) is 32.6 Å². The van der Waals surface area contributed by atoms with Crippen molar-refractivity contribution in [3.63, 3.8) is 0 Å². The van der Waals surface area contributed by atoms with E-state index in [4.69, 9.17) is 4.74 Å². The van der Waals surface area contributed by atoms with Gasteiger partial charge in [-0.05, 0) is 31.0 Å². The Kier molecular flexibility index (Phi) is 5.62. The van der Waals surface area contributed by atoms with E-state index in [0.29, 0.717) is 44.0 Å². The van der Waals surface area contributed by atoms with Gasteiger partial charge >= 0.3 is 6.05 Å². The van der Waals surface area contributed by atoms with Crippen LogP contribution in [0.5, 0.6) is 11.5 Å².